The van der Waals surface area contributed by atoms with Crippen molar-refractivity contribution in [3.05, 3.63) is 46.2 Å². The van der Waals surface area contributed by atoms with Crippen molar-refractivity contribution in [2.75, 3.05) is 6.54 Å². The molecule has 0 atom stereocenters. The third-order valence-corrected chi connectivity index (χ3v) is 3.73. The summed E-state index contributed by atoms with van der Waals surface area (Å²) < 4.78 is 0. The van der Waals surface area contributed by atoms with Gasteiger partial charge in [-0.05, 0) is 18.6 Å². The average Bonchev–Trinajstić information content (AvgIpc) is 2.95. The van der Waals surface area contributed by atoms with E-state index in [0.717, 1.165) is 5.69 Å². The number of hydrogen-bond donors (Lipinski definition) is 1. The molecule has 2 aromatic heterocycles. The quantitative estimate of drug-likeness (QED) is 0.807. The summed E-state index contributed by atoms with van der Waals surface area (Å²) >= 11 is 1.19. The van der Waals surface area contributed by atoms with Gasteiger partial charge in [0.25, 0.3) is 0 Å². The van der Waals surface area contributed by atoms with Crippen LogP contribution in [0, 0.1) is 0 Å². The summed E-state index contributed by atoms with van der Waals surface area (Å²) in [5, 5.41) is 0. The first-order valence-electron chi connectivity index (χ1n) is 5.82. The Morgan fingerprint density at radius 1 is 1.16 bits per heavy atom. The van der Waals surface area contributed by atoms with Gasteiger partial charge in [0.1, 0.15) is 0 Å². The summed E-state index contributed by atoms with van der Waals surface area (Å²) in [6, 6.07) is 3.32. The van der Waals surface area contributed by atoms with Gasteiger partial charge in [-0.1, -0.05) is 0 Å². The van der Waals surface area contributed by atoms with Gasteiger partial charge in [0.05, 0.1) is 22.0 Å². The van der Waals surface area contributed by atoms with Crippen molar-refractivity contribution < 1.29 is 9.59 Å². The Morgan fingerprint density at radius 2 is 1.89 bits per heavy atom. The maximum Gasteiger partial charge on any atom is 0.186 e. The first-order chi connectivity index (χ1) is 9.20. The second kappa shape index (κ2) is 6.31. The van der Waals surface area contributed by atoms with Gasteiger partial charge >= 0.3 is 0 Å². The Morgan fingerprint density at radius 3 is 2.53 bits per heavy atom. The molecule has 0 radical (unpaired) electrons. The molecule has 6 heteroatoms. The lowest BCUT2D eigenvalue weighted by atomic mass is 10.1. The van der Waals surface area contributed by atoms with Crippen LogP contribution in [0.15, 0.2) is 30.7 Å². The summed E-state index contributed by atoms with van der Waals surface area (Å²) in [7, 11) is 0. The summed E-state index contributed by atoms with van der Waals surface area (Å²) in [5.41, 5.74) is 6.06. The minimum atomic E-state index is -0.141. The number of Topliss-reactive ketones (excluding diaryl/α,β-unsaturated/α-hetero) is 2. The molecule has 0 aromatic carbocycles. The van der Waals surface area contributed by atoms with Gasteiger partial charge in [0.2, 0.25) is 0 Å². The van der Waals surface area contributed by atoms with Crippen molar-refractivity contribution in [2.24, 2.45) is 5.73 Å². The first kappa shape index (κ1) is 13.5. The van der Waals surface area contributed by atoms with E-state index in [0.29, 0.717) is 22.6 Å². The minimum Gasteiger partial charge on any atom is -0.324 e. The number of aromatic nitrogens is 2. The van der Waals surface area contributed by atoms with Gasteiger partial charge in [-0.25, -0.2) is 0 Å². The highest BCUT2D eigenvalue weighted by Gasteiger charge is 2.13. The molecular weight excluding hydrogens is 262 g/mol. The summed E-state index contributed by atoms with van der Waals surface area (Å²) in [6.45, 7) is -0.0340. The number of ketones is 2. The number of carbonyl (C=O) groups is 2. The van der Waals surface area contributed by atoms with E-state index in [1.54, 1.807) is 30.7 Å². The van der Waals surface area contributed by atoms with Crippen LogP contribution >= 0.6 is 11.3 Å². The van der Waals surface area contributed by atoms with E-state index in [1.165, 1.54) is 11.3 Å². The van der Waals surface area contributed by atoms with E-state index in [1.807, 2.05) is 0 Å². The van der Waals surface area contributed by atoms with Gasteiger partial charge in [-0.15, -0.1) is 11.3 Å². The predicted octanol–water partition coefficient (Wildman–Crippen LogP) is 1.49. The highest BCUT2D eigenvalue weighted by atomic mass is 32.1. The fraction of sp³-hybridized carbons (Fsp3) is 0.231. The second-order valence-electron chi connectivity index (χ2n) is 3.91. The molecule has 0 bridgehead atoms. The standard InChI is InChI=1S/C13H13N3O2S/c14-7-11(18)13-4-3-12(19-13)10(17)2-1-9-8-15-5-6-16-9/h3-6,8H,1-2,7,14H2. The topological polar surface area (TPSA) is 85.9 Å². The van der Waals surface area contributed by atoms with Crippen LogP contribution < -0.4 is 5.73 Å². The molecule has 5 nitrogen and oxygen atoms in total. The van der Waals surface area contributed by atoms with Gasteiger partial charge in [0, 0.05) is 25.0 Å². The fourth-order valence-electron chi connectivity index (χ4n) is 1.56. The Hall–Kier alpha value is -1.92. The monoisotopic (exact) mass is 275 g/mol. The van der Waals surface area contributed by atoms with Crippen LogP contribution in [0.3, 0.4) is 0 Å². The van der Waals surface area contributed by atoms with Crippen LogP contribution in [-0.2, 0) is 6.42 Å². The molecule has 19 heavy (non-hydrogen) atoms. The van der Waals surface area contributed by atoms with Crippen LogP contribution in [0.25, 0.3) is 0 Å². The SMILES string of the molecule is NCC(=O)c1ccc(C(=O)CCc2cnccn2)s1. The average molecular weight is 275 g/mol. The number of hydrogen-bond acceptors (Lipinski definition) is 6. The second-order valence-corrected chi connectivity index (χ2v) is 4.99. The zero-order valence-corrected chi connectivity index (χ0v) is 11.0. The molecule has 0 fully saturated rings. The lowest BCUT2D eigenvalue weighted by Gasteiger charge is -1.98. The molecule has 0 saturated carbocycles. The molecule has 0 unspecified atom stereocenters. The van der Waals surface area contributed by atoms with Gasteiger partial charge < -0.3 is 5.73 Å². The molecule has 0 aliphatic heterocycles. The lowest BCUT2D eigenvalue weighted by Crippen LogP contribution is -2.11. The van der Waals surface area contributed by atoms with Crippen molar-refractivity contribution in [2.45, 2.75) is 12.8 Å². The zero-order chi connectivity index (χ0) is 13.7. The first-order valence-corrected chi connectivity index (χ1v) is 6.63. The van der Waals surface area contributed by atoms with Gasteiger partial charge in [-0.2, -0.15) is 0 Å². The Balaban J connectivity index is 1.97. The Kier molecular flexibility index (Phi) is 4.48. The lowest BCUT2D eigenvalue weighted by molar-refractivity contribution is 0.0984. The molecule has 2 aromatic rings. The number of rotatable bonds is 6. The maximum atomic E-state index is 12.0. The van der Waals surface area contributed by atoms with Crippen molar-refractivity contribution in [1.82, 2.24) is 9.97 Å². The van der Waals surface area contributed by atoms with Crippen molar-refractivity contribution in [3.63, 3.8) is 0 Å². The van der Waals surface area contributed by atoms with Crippen molar-refractivity contribution in [3.8, 4) is 0 Å². The number of carbonyl (C=O) groups excluding carboxylic acids is 2. The van der Waals surface area contributed by atoms with Gasteiger partial charge in [-0.3, -0.25) is 19.6 Å². The van der Waals surface area contributed by atoms with E-state index in [-0.39, 0.29) is 18.1 Å². The molecule has 0 aliphatic carbocycles. The Labute approximate surface area is 114 Å². The minimum absolute atomic E-state index is 0.00623. The van der Waals surface area contributed by atoms with E-state index in [9.17, 15) is 9.59 Å². The van der Waals surface area contributed by atoms with Crippen molar-refractivity contribution in [1.29, 1.82) is 0 Å². The summed E-state index contributed by atoms with van der Waals surface area (Å²) in [4.78, 5) is 32.5. The molecule has 2 heterocycles. The predicted molar refractivity (Wildman–Crippen MR) is 72.4 cm³/mol. The van der Waals surface area contributed by atoms with E-state index < -0.39 is 0 Å². The van der Waals surface area contributed by atoms with Crippen LogP contribution in [-0.4, -0.2) is 28.1 Å². The third kappa shape index (κ3) is 3.52. The molecule has 0 spiro atoms. The van der Waals surface area contributed by atoms with E-state index in [2.05, 4.69) is 9.97 Å². The largest absolute Gasteiger partial charge is 0.324 e. The van der Waals surface area contributed by atoms with Crippen LogP contribution in [0.4, 0.5) is 0 Å². The normalized spacial score (nSPS) is 10.4. The number of nitrogens with zero attached hydrogens (tertiary/aromatic N) is 2. The zero-order valence-electron chi connectivity index (χ0n) is 10.2. The number of nitrogens with two attached hydrogens (primary N) is 1. The molecule has 98 valence electrons. The van der Waals surface area contributed by atoms with E-state index in [4.69, 9.17) is 5.73 Å². The molecule has 0 amide bonds. The van der Waals surface area contributed by atoms with Gasteiger partial charge in [0.15, 0.2) is 11.6 Å². The maximum absolute atomic E-state index is 12.0. The summed E-state index contributed by atoms with van der Waals surface area (Å²) in [5.74, 6) is -0.135. The van der Waals surface area contributed by atoms with Crippen LogP contribution in [0.5, 0.6) is 0 Å². The molecule has 2 N–H and O–H groups in total. The van der Waals surface area contributed by atoms with E-state index >= 15 is 0 Å². The number of aryl methyl sites for hydroxylation is 1. The third-order valence-electron chi connectivity index (χ3n) is 2.57. The smallest absolute Gasteiger partial charge is 0.186 e. The van der Waals surface area contributed by atoms with Crippen LogP contribution in [0.1, 0.15) is 31.5 Å². The highest BCUT2D eigenvalue weighted by molar-refractivity contribution is 7.16. The molecule has 2 rings (SSSR count). The molecular formula is C13H13N3O2S. The summed E-state index contributed by atoms with van der Waals surface area (Å²) in [6.07, 6.45) is 5.74. The molecule has 0 aliphatic rings. The fourth-order valence-corrected chi connectivity index (χ4v) is 2.48. The van der Waals surface area contributed by atoms with Crippen LogP contribution in [0.2, 0.25) is 0 Å². The Bertz CT molecular complexity index is 581. The number of thiophene rings is 1. The highest BCUT2D eigenvalue weighted by Crippen LogP contribution is 2.19. The molecule has 0 saturated heterocycles. The van der Waals surface area contributed by atoms with Crippen molar-refractivity contribution >= 4 is 22.9 Å².